The maximum atomic E-state index is 5.65. The van der Waals surface area contributed by atoms with E-state index in [1.165, 1.54) is 24.0 Å². The summed E-state index contributed by atoms with van der Waals surface area (Å²) in [6.45, 7) is 7.89. The Kier molecular flexibility index (Phi) is 6.61. The van der Waals surface area contributed by atoms with Gasteiger partial charge in [-0.15, -0.1) is 6.58 Å². The van der Waals surface area contributed by atoms with Gasteiger partial charge >= 0.3 is 0 Å². The van der Waals surface area contributed by atoms with E-state index >= 15 is 0 Å². The zero-order valence-corrected chi connectivity index (χ0v) is 11.6. The molecule has 0 aliphatic carbocycles. The Morgan fingerprint density at radius 2 is 2.17 bits per heavy atom. The highest BCUT2D eigenvalue weighted by Crippen LogP contribution is 2.21. The highest BCUT2D eigenvalue weighted by molar-refractivity contribution is 5.25. The smallest absolute Gasteiger partial charge is 0.0634 e. The van der Waals surface area contributed by atoms with Crippen LogP contribution in [0.2, 0.25) is 0 Å². The fraction of sp³-hybridized carbons (Fsp3) is 0.533. The van der Waals surface area contributed by atoms with Crippen molar-refractivity contribution in [3.05, 3.63) is 41.7 Å². The Bertz CT molecular complexity index is 374. The molecule has 1 atom stereocenters. The molecule has 1 aromatic rings. The predicted molar refractivity (Wildman–Crippen MR) is 77.1 cm³/mol. The van der Waals surface area contributed by atoms with Crippen LogP contribution in [-0.2, 0) is 0 Å². The van der Waals surface area contributed by atoms with Crippen LogP contribution in [0, 0.1) is 13.8 Å². The fourth-order valence-corrected chi connectivity index (χ4v) is 2.20. The topological polar surface area (TPSA) is 50.9 Å². The zero-order chi connectivity index (χ0) is 13.4. The minimum Gasteiger partial charge on any atom is -0.271 e. The number of nitrogens with one attached hydrogen (secondary N) is 1. The minimum absolute atomic E-state index is 0.161. The van der Waals surface area contributed by atoms with E-state index in [9.17, 15) is 0 Å². The third kappa shape index (κ3) is 4.59. The van der Waals surface area contributed by atoms with Crippen LogP contribution in [-0.4, -0.2) is 4.98 Å². The average Bonchev–Trinajstić information content (AvgIpc) is 2.35. The fourth-order valence-electron chi connectivity index (χ4n) is 2.20. The third-order valence-electron chi connectivity index (χ3n) is 3.19. The van der Waals surface area contributed by atoms with Gasteiger partial charge in [-0.25, -0.2) is 0 Å². The van der Waals surface area contributed by atoms with Gasteiger partial charge in [0, 0.05) is 6.20 Å². The molecule has 1 unspecified atom stereocenters. The number of nitrogens with two attached hydrogens (primary N) is 1. The lowest BCUT2D eigenvalue weighted by Crippen LogP contribution is -2.29. The Hall–Kier alpha value is -1.19. The molecule has 0 amide bonds. The number of pyridine rings is 1. The van der Waals surface area contributed by atoms with E-state index in [4.69, 9.17) is 5.84 Å². The quantitative estimate of drug-likeness (QED) is 0.320. The van der Waals surface area contributed by atoms with Crippen LogP contribution in [0.25, 0.3) is 0 Å². The van der Waals surface area contributed by atoms with E-state index in [0.29, 0.717) is 0 Å². The Labute approximate surface area is 110 Å². The SMILES string of the molecule is C=CCCCCCC(NN)c1ncc(C)cc1C. The number of aryl methyl sites for hydroxylation is 2. The lowest BCUT2D eigenvalue weighted by Gasteiger charge is -2.17. The molecule has 0 spiro atoms. The maximum Gasteiger partial charge on any atom is 0.0634 e. The summed E-state index contributed by atoms with van der Waals surface area (Å²) >= 11 is 0. The highest BCUT2D eigenvalue weighted by atomic mass is 15.2. The normalized spacial score (nSPS) is 12.4. The summed E-state index contributed by atoms with van der Waals surface area (Å²) in [5.74, 6) is 5.65. The Balaban J connectivity index is 2.52. The van der Waals surface area contributed by atoms with Gasteiger partial charge in [-0.05, 0) is 44.2 Å². The van der Waals surface area contributed by atoms with Crippen molar-refractivity contribution in [3.63, 3.8) is 0 Å². The first-order chi connectivity index (χ1) is 8.69. The molecule has 0 aromatic carbocycles. The largest absolute Gasteiger partial charge is 0.271 e. The van der Waals surface area contributed by atoms with Gasteiger partial charge < -0.3 is 0 Å². The van der Waals surface area contributed by atoms with Crippen molar-refractivity contribution in [2.24, 2.45) is 5.84 Å². The monoisotopic (exact) mass is 247 g/mol. The first kappa shape index (κ1) is 14.9. The maximum absolute atomic E-state index is 5.65. The van der Waals surface area contributed by atoms with Crippen LogP contribution >= 0.6 is 0 Å². The molecule has 1 heterocycles. The average molecular weight is 247 g/mol. The van der Waals surface area contributed by atoms with Crippen molar-refractivity contribution in [2.45, 2.75) is 52.0 Å². The van der Waals surface area contributed by atoms with Gasteiger partial charge in [0.1, 0.15) is 0 Å². The molecule has 0 aliphatic heterocycles. The number of aromatic nitrogens is 1. The second kappa shape index (κ2) is 8.01. The number of nitrogens with zero attached hydrogens (tertiary/aromatic N) is 1. The Morgan fingerprint density at radius 1 is 1.39 bits per heavy atom. The predicted octanol–water partition coefficient (Wildman–Crippen LogP) is 3.34. The molecular weight excluding hydrogens is 222 g/mol. The van der Waals surface area contributed by atoms with Gasteiger partial charge in [-0.1, -0.05) is 25.0 Å². The standard InChI is InChI=1S/C15H25N3/c1-4-5-6-7-8-9-14(18-16)15-13(3)10-12(2)11-17-15/h4,10-11,14,18H,1,5-9,16H2,2-3H3. The van der Waals surface area contributed by atoms with Crippen LogP contribution in [0.3, 0.4) is 0 Å². The first-order valence-corrected chi connectivity index (χ1v) is 6.69. The van der Waals surface area contributed by atoms with E-state index in [-0.39, 0.29) is 6.04 Å². The molecule has 0 saturated heterocycles. The highest BCUT2D eigenvalue weighted by Gasteiger charge is 2.13. The summed E-state index contributed by atoms with van der Waals surface area (Å²) in [6, 6.07) is 2.32. The minimum atomic E-state index is 0.161. The summed E-state index contributed by atoms with van der Waals surface area (Å²) in [7, 11) is 0. The van der Waals surface area contributed by atoms with Crippen LogP contribution in [0.15, 0.2) is 24.9 Å². The van der Waals surface area contributed by atoms with Gasteiger partial charge in [-0.3, -0.25) is 16.3 Å². The second-order valence-corrected chi connectivity index (χ2v) is 4.86. The van der Waals surface area contributed by atoms with Crippen LogP contribution in [0.4, 0.5) is 0 Å². The summed E-state index contributed by atoms with van der Waals surface area (Å²) in [6.07, 6.45) is 9.61. The number of hydrogen-bond acceptors (Lipinski definition) is 3. The van der Waals surface area contributed by atoms with E-state index in [0.717, 1.165) is 25.0 Å². The number of allylic oxidation sites excluding steroid dienone is 1. The summed E-state index contributed by atoms with van der Waals surface area (Å²) < 4.78 is 0. The van der Waals surface area contributed by atoms with Crippen molar-refractivity contribution in [2.75, 3.05) is 0 Å². The lowest BCUT2D eigenvalue weighted by molar-refractivity contribution is 0.472. The molecule has 0 bridgehead atoms. The number of rotatable bonds is 8. The second-order valence-electron chi connectivity index (χ2n) is 4.86. The van der Waals surface area contributed by atoms with Gasteiger partial charge in [0.2, 0.25) is 0 Å². The number of hydrogen-bond donors (Lipinski definition) is 2. The van der Waals surface area contributed by atoms with Crippen LogP contribution in [0.1, 0.15) is 55.0 Å². The molecule has 100 valence electrons. The zero-order valence-electron chi connectivity index (χ0n) is 11.6. The molecule has 0 aliphatic rings. The van der Waals surface area contributed by atoms with Crippen LogP contribution in [0.5, 0.6) is 0 Å². The number of hydrazine groups is 1. The molecule has 1 aromatic heterocycles. The van der Waals surface area contributed by atoms with Crippen molar-refractivity contribution in [1.82, 2.24) is 10.4 Å². The van der Waals surface area contributed by atoms with Gasteiger partial charge in [0.05, 0.1) is 11.7 Å². The van der Waals surface area contributed by atoms with E-state index in [1.807, 2.05) is 12.3 Å². The molecule has 3 N–H and O–H groups in total. The van der Waals surface area contributed by atoms with Crippen molar-refractivity contribution < 1.29 is 0 Å². The molecule has 0 radical (unpaired) electrons. The van der Waals surface area contributed by atoms with Gasteiger partial charge in [0.25, 0.3) is 0 Å². The van der Waals surface area contributed by atoms with Gasteiger partial charge in [-0.2, -0.15) is 0 Å². The number of unbranched alkanes of at least 4 members (excludes halogenated alkanes) is 3. The summed E-state index contributed by atoms with van der Waals surface area (Å²) in [5.41, 5.74) is 6.37. The molecule has 1 rings (SSSR count). The molecular formula is C15H25N3. The molecule has 0 saturated carbocycles. The third-order valence-corrected chi connectivity index (χ3v) is 3.19. The molecule has 3 heteroatoms. The Morgan fingerprint density at radius 3 is 2.78 bits per heavy atom. The first-order valence-electron chi connectivity index (χ1n) is 6.69. The van der Waals surface area contributed by atoms with E-state index in [1.54, 1.807) is 0 Å². The van der Waals surface area contributed by atoms with Crippen molar-refractivity contribution >= 4 is 0 Å². The molecule has 0 fully saturated rings. The molecule has 3 nitrogen and oxygen atoms in total. The van der Waals surface area contributed by atoms with Gasteiger partial charge in [0.15, 0.2) is 0 Å². The molecule has 18 heavy (non-hydrogen) atoms. The van der Waals surface area contributed by atoms with Crippen molar-refractivity contribution in [1.29, 1.82) is 0 Å². The summed E-state index contributed by atoms with van der Waals surface area (Å²) in [4.78, 5) is 4.51. The van der Waals surface area contributed by atoms with E-state index in [2.05, 4.69) is 36.9 Å². The summed E-state index contributed by atoms with van der Waals surface area (Å²) in [5, 5.41) is 0. The van der Waals surface area contributed by atoms with Crippen molar-refractivity contribution in [3.8, 4) is 0 Å². The lowest BCUT2D eigenvalue weighted by atomic mass is 10.0. The van der Waals surface area contributed by atoms with E-state index < -0.39 is 0 Å². The van der Waals surface area contributed by atoms with Crippen LogP contribution < -0.4 is 11.3 Å².